The van der Waals surface area contributed by atoms with Crippen LogP contribution in [0.2, 0.25) is 0 Å². The lowest BCUT2D eigenvalue weighted by atomic mass is 9.77. The highest BCUT2D eigenvalue weighted by Gasteiger charge is 2.44. The third-order valence-electron chi connectivity index (χ3n) is 4.33. The molecule has 2 aliphatic rings. The van der Waals surface area contributed by atoms with Gasteiger partial charge in [-0.3, -0.25) is 9.59 Å². The number of aliphatic carboxylic acids is 1. The molecule has 2 saturated heterocycles. The van der Waals surface area contributed by atoms with Gasteiger partial charge in [-0.2, -0.15) is 0 Å². The molecule has 7 heteroatoms. The highest BCUT2D eigenvalue weighted by atomic mass is 16.5. The first kappa shape index (κ1) is 16.2. The Balaban J connectivity index is 2.15. The number of ether oxygens (including phenoxy) is 2. The predicted molar refractivity (Wildman–Crippen MR) is 75.0 cm³/mol. The van der Waals surface area contributed by atoms with Gasteiger partial charge in [-0.25, -0.2) is 0 Å². The molecule has 2 fully saturated rings. The molecule has 2 rings (SSSR count). The van der Waals surface area contributed by atoms with Gasteiger partial charge in [0, 0.05) is 13.7 Å². The van der Waals surface area contributed by atoms with Gasteiger partial charge in [0.05, 0.1) is 37.7 Å². The molecule has 0 aromatic carbocycles. The van der Waals surface area contributed by atoms with E-state index in [0.29, 0.717) is 26.4 Å². The Bertz CT molecular complexity index is 376. The molecular formula is C14H24N2O5. The van der Waals surface area contributed by atoms with Crippen molar-refractivity contribution in [1.82, 2.24) is 10.2 Å². The van der Waals surface area contributed by atoms with E-state index in [1.807, 2.05) is 0 Å². The maximum absolute atomic E-state index is 13.0. The van der Waals surface area contributed by atoms with Crippen LogP contribution in [-0.4, -0.2) is 74.5 Å². The average Bonchev–Trinajstić information content (AvgIpc) is 2.48. The van der Waals surface area contributed by atoms with Gasteiger partial charge in [0.25, 0.3) is 0 Å². The Morgan fingerprint density at radius 2 is 2.14 bits per heavy atom. The molecule has 21 heavy (non-hydrogen) atoms. The molecule has 2 heterocycles. The van der Waals surface area contributed by atoms with E-state index < -0.39 is 11.4 Å². The maximum Gasteiger partial charge on any atom is 0.305 e. The number of nitrogens with zero attached hydrogens (tertiary/aromatic N) is 1. The summed E-state index contributed by atoms with van der Waals surface area (Å²) in [6, 6.07) is -0.382. The molecule has 0 saturated carbocycles. The maximum atomic E-state index is 13.0. The summed E-state index contributed by atoms with van der Waals surface area (Å²) in [6.07, 6.45) is 1.36. The second-order valence-electron chi connectivity index (χ2n) is 5.79. The molecule has 0 radical (unpaired) electrons. The van der Waals surface area contributed by atoms with E-state index >= 15 is 0 Å². The summed E-state index contributed by atoms with van der Waals surface area (Å²) < 4.78 is 10.6. The number of carboxylic acid groups (broad SMARTS) is 1. The lowest BCUT2D eigenvalue weighted by Crippen LogP contribution is -2.58. The van der Waals surface area contributed by atoms with Crippen LogP contribution in [0.4, 0.5) is 0 Å². The van der Waals surface area contributed by atoms with Crippen LogP contribution in [0.1, 0.15) is 19.3 Å². The topological polar surface area (TPSA) is 88.1 Å². The highest BCUT2D eigenvalue weighted by molar-refractivity contribution is 5.84. The Morgan fingerprint density at radius 1 is 1.43 bits per heavy atom. The van der Waals surface area contributed by atoms with Gasteiger partial charge in [-0.15, -0.1) is 0 Å². The normalized spacial score (nSPS) is 25.6. The van der Waals surface area contributed by atoms with E-state index in [4.69, 9.17) is 14.6 Å². The van der Waals surface area contributed by atoms with Gasteiger partial charge in [0.2, 0.25) is 5.91 Å². The number of amides is 1. The molecule has 1 unspecified atom stereocenters. The molecule has 0 spiro atoms. The average molecular weight is 300 g/mol. The van der Waals surface area contributed by atoms with Crippen molar-refractivity contribution < 1.29 is 24.2 Å². The molecule has 7 nitrogen and oxygen atoms in total. The predicted octanol–water partition coefficient (Wildman–Crippen LogP) is -0.295. The monoisotopic (exact) mass is 300 g/mol. The molecule has 2 aliphatic heterocycles. The van der Waals surface area contributed by atoms with E-state index in [0.717, 1.165) is 25.9 Å². The number of carboxylic acids is 1. The first-order chi connectivity index (χ1) is 10.1. The van der Waals surface area contributed by atoms with Gasteiger partial charge in [-0.05, 0) is 25.9 Å². The molecule has 1 amide bonds. The SMILES string of the molecule is COCC1(C(=O)N2CCOCC2CC(=O)O)CCNCC1. The third-order valence-corrected chi connectivity index (χ3v) is 4.33. The van der Waals surface area contributed by atoms with Crippen LogP contribution in [0, 0.1) is 5.41 Å². The number of rotatable bonds is 5. The number of piperidine rings is 1. The van der Waals surface area contributed by atoms with Crippen LogP contribution in [0.15, 0.2) is 0 Å². The Kier molecular flexibility index (Phi) is 5.55. The van der Waals surface area contributed by atoms with Crippen LogP contribution < -0.4 is 5.32 Å². The molecule has 0 bridgehead atoms. The van der Waals surface area contributed by atoms with Crippen LogP contribution in [0.5, 0.6) is 0 Å². The smallest absolute Gasteiger partial charge is 0.305 e. The van der Waals surface area contributed by atoms with E-state index in [2.05, 4.69) is 5.32 Å². The minimum atomic E-state index is -0.908. The van der Waals surface area contributed by atoms with Crippen molar-refractivity contribution in [2.45, 2.75) is 25.3 Å². The van der Waals surface area contributed by atoms with Crippen LogP contribution >= 0.6 is 0 Å². The van der Waals surface area contributed by atoms with E-state index in [-0.39, 0.29) is 18.4 Å². The van der Waals surface area contributed by atoms with Gasteiger partial charge >= 0.3 is 5.97 Å². The Labute approximate surface area is 124 Å². The number of hydrogen-bond acceptors (Lipinski definition) is 5. The fourth-order valence-electron chi connectivity index (χ4n) is 3.20. The molecule has 0 aromatic rings. The molecule has 0 aromatic heterocycles. The van der Waals surface area contributed by atoms with Crippen molar-refractivity contribution in [3.63, 3.8) is 0 Å². The van der Waals surface area contributed by atoms with Crippen molar-refractivity contribution in [2.75, 3.05) is 46.6 Å². The first-order valence-electron chi connectivity index (χ1n) is 7.39. The van der Waals surface area contributed by atoms with Crippen LogP contribution in [0.25, 0.3) is 0 Å². The third kappa shape index (κ3) is 3.72. The zero-order chi connectivity index (χ0) is 15.3. The number of nitrogens with one attached hydrogen (secondary N) is 1. The molecular weight excluding hydrogens is 276 g/mol. The van der Waals surface area contributed by atoms with Crippen LogP contribution in [0.3, 0.4) is 0 Å². The summed E-state index contributed by atoms with van der Waals surface area (Å²) in [4.78, 5) is 25.7. The largest absolute Gasteiger partial charge is 0.481 e. The fraction of sp³-hybridized carbons (Fsp3) is 0.857. The zero-order valence-corrected chi connectivity index (χ0v) is 12.5. The second-order valence-corrected chi connectivity index (χ2v) is 5.79. The summed E-state index contributed by atoms with van der Waals surface area (Å²) in [5.74, 6) is -0.894. The van der Waals surface area contributed by atoms with Crippen molar-refractivity contribution in [3.05, 3.63) is 0 Å². The summed E-state index contributed by atoms with van der Waals surface area (Å²) in [7, 11) is 1.60. The van der Waals surface area contributed by atoms with E-state index in [1.165, 1.54) is 0 Å². The molecule has 0 aliphatic carbocycles. The van der Waals surface area contributed by atoms with Crippen molar-refractivity contribution in [3.8, 4) is 0 Å². The number of morpholine rings is 1. The van der Waals surface area contributed by atoms with Gasteiger partial charge < -0.3 is 24.8 Å². The van der Waals surface area contributed by atoms with Gasteiger partial charge in [0.1, 0.15) is 0 Å². The van der Waals surface area contributed by atoms with Gasteiger partial charge in [-0.1, -0.05) is 0 Å². The first-order valence-corrected chi connectivity index (χ1v) is 7.39. The van der Waals surface area contributed by atoms with Crippen molar-refractivity contribution >= 4 is 11.9 Å². The van der Waals surface area contributed by atoms with E-state index in [9.17, 15) is 9.59 Å². The highest BCUT2D eigenvalue weighted by Crippen LogP contribution is 2.33. The molecule has 2 N–H and O–H groups in total. The van der Waals surface area contributed by atoms with E-state index in [1.54, 1.807) is 12.0 Å². The fourth-order valence-corrected chi connectivity index (χ4v) is 3.20. The van der Waals surface area contributed by atoms with Gasteiger partial charge in [0.15, 0.2) is 0 Å². The standard InChI is InChI=1S/C14H24N2O5/c1-20-10-14(2-4-15-5-3-14)13(19)16-6-7-21-9-11(16)8-12(17)18/h11,15H,2-10H2,1H3,(H,17,18). The number of methoxy groups -OCH3 is 1. The number of carbonyl (C=O) groups excluding carboxylic acids is 1. The quantitative estimate of drug-likeness (QED) is 0.725. The minimum absolute atomic E-state index is 0.0143. The zero-order valence-electron chi connectivity index (χ0n) is 12.5. The summed E-state index contributed by atoms with van der Waals surface area (Å²) in [5, 5.41) is 12.3. The number of carbonyl (C=O) groups is 2. The lowest BCUT2D eigenvalue weighted by Gasteiger charge is -2.43. The summed E-state index contributed by atoms with van der Waals surface area (Å²) >= 11 is 0. The van der Waals surface area contributed by atoms with Crippen molar-refractivity contribution in [2.24, 2.45) is 5.41 Å². The van der Waals surface area contributed by atoms with Crippen molar-refractivity contribution in [1.29, 1.82) is 0 Å². The minimum Gasteiger partial charge on any atom is -0.481 e. The Hall–Kier alpha value is -1.18. The number of hydrogen-bond donors (Lipinski definition) is 2. The van der Waals surface area contributed by atoms with Crippen LogP contribution in [-0.2, 0) is 19.1 Å². The Morgan fingerprint density at radius 3 is 2.76 bits per heavy atom. The molecule has 120 valence electrons. The summed E-state index contributed by atoms with van der Waals surface area (Å²) in [5.41, 5.74) is -0.534. The lowest BCUT2D eigenvalue weighted by molar-refractivity contribution is -0.158. The summed E-state index contributed by atoms with van der Waals surface area (Å²) in [6.45, 7) is 3.15. The molecule has 1 atom stereocenters. The second kappa shape index (κ2) is 7.20.